The Hall–Kier alpha value is -1.55. The summed E-state index contributed by atoms with van der Waals surface area (Å²) < 4.78 is 5.40. The van der Waals surface area contributed by atoms with E-state index in [1.54, 1.807) is 7.11 Å². The van der Waals surface area contributed by atoms with Gasteiger partial charge in [-0.2, -0.15) is 5.10 Å². The van der Waals surface area contributed by atoms with Crippen LogP contribution in [0.4, 0.5) is 0 Å². The molecule has 1 atom stereocenters. The third-order valence-corrected chi connectivity index (χ3v) is 3.11. The van der Waals surface area contributed by atoms with Crippen LogP contribution in [-0.2, 0) is 0 Å². The quantitative estimate of drug-likeness (QED) is 0.862. The molecular formula is C13H19N3O. The molecular weight excluding hydrogens is 214 g/mol. The van der Waals surface area contributed by atoms with Crippen LogP contribution in [0.2, 0.25) is 0 Å². The molecule has 1 aliphatic heterocycles. The predicted molar refractivity (Wildman–Crippen MR) is 69.2 cm³/mol. The molecule has 1 heterocycles. The molecule has 0 bridgehead atoms. The molecule has 0 radical (unpaired) electrons. The SMILES string of the molecule is COc1ccccc1C1CC(CCN)=NN1C. The first-order chi connectivity index (χ1) is 8.26. The molecule has 0 aliphatic carbocycles. The van der Waals surface area contributed by atoms with Crippen molar-refractivity contribution in [3.63, 3.8) is 0 Å². The summed E-state index contributed by atoms with van der Waals surface area (Å²) in [6, 6.07) is 8.38. The number of hydrogen-bond donors (Lipinski definition) is 1. The van der Waals surface area contributed by atoms with Gasteiger partial charge in [0, 0.05) is 24.7 Å². The van der Waals surface area contributed by atoms with Crippen LogP contribution in [0.1, 0.15) is 24.4 Å². The maximum Gasteiger partial charge on any atom is 0.124 e. The number of rotatable bonds is 4. The van der Waals surface area contributed by atoms with Gasteiger partial charge < -0.3 is 10.5 Å². The molecule has 1 aromatic carbocycles. The molecule has 0 aromatic heterocycles. The van der Waals surface area contributed by atoms with Gasteiger partial charge >= 0.3 is 0 Å². The van der Waals surface area contributed by atoms with Crippen LogP contribution in [0.25, 0.3) is 0 Å². The minimum absolute atomic E-state index is 0.271. The third-order valence-electron chi connectivity index (χ3n) is 3.11. The smallest absolute Gasteiger partial charge is 0.124 e. The van der Waals surface area contributed by atoms with Gasteiger partial charge in [-0.1, -0.05) is 18.2 Å². The lowest BCUT2D eigenvalue weighted by Gasteiger charge is -2.21. The van der Waals surface area contributed by atoms with Crippen LogP contribution in [0.3, 0.4) is 0 Å². The average molecular weight is 233 g/mol. The molecule has 0 fully saturated rings. The first-order valence-electron chi connectivity index (χ1n) is 5.88. The average Bonchev–Trinajstić information content (AvgIpc) is 2.70. The van der Waals surface area contributed by atoms with E-state index in [0.717, 1.165) is 18.6 Å². The molecule has 1 aromatic rings. The Morgan fingerprint density at radius 1 is 1.47 bits per heavy atom. The van der Waals surface area contributed by atoms with E-state index in [4.69, 9.17) is 10.5 Å². The van der Waals surface area contributed by atoms with E-state index in [1.807, 2.05) is 30.3 Å². The van der Waals surface area contributed by atoms with Crippen molar-refractivity contribution in [2.45, 2.75) is 18.9 Å². The lowest BCUT2D eigenvalue weighted by molar-refractivity contribution is 0.281. The van der Waals surface area contributed by atoms with Crippen molar-refractivity contribution in [1.82, 2.24) is 5.01 Å². The number of hydrazone groups is 1. The third kappa shape index (κ3) is 2.42. The Morgan fingerprint density at radius 3 is 2.94 bits per heavy atom. The van der Waals surface area contributed by atoms with Gasteiger partial charge in [-0.05, 0) is 19.0 Å². The summed E-state index contributed by atoms with van der Waals surface area (Å²) in [6.45, 7) is 0.658. The van der Waals surface area contributed by atoms with Gasteiger partial charge in [0.15, 0.2) is 0 Å². The Morgan fingerprint density at radius 2 is 2.24 bits per heavy atom. The van der Waals surface area contributed by atoms with Gasteiger partial charge in [-0.3, -0.25) is 5.01 Å². The summed E-state index contributed by atoms with van der Waals surface area (Å²) in [6.07, 6.45) is 1.81. The Balaban J connectivity index is 2.19. The number of benzene rings is 1. The van der Waals surface area contributed by atoms with Crippen molar-refractivity contribution < 1.29 is 4.74 Å². The van der Waals surface area contributed by atoms with Crippen LogP contribution < -0.4 is 10.5 Å². The van der Waals surface area contributed by atoms with E-state index in [9.17, 15) is 0 Å². The Kier molecular flexibility index (Phi) is 3.64. The zero-order valence-electron chi connectivity index (χ0n) is 10.4. The largest absolute Gasteiger partial charge is 0.496 e. The number of hydrogen-bond acceptors (Lipinski definition) is 4. The molecule has 0 saturated heterocycles. The fraction of sp³-hybridized carbons (Fsp3) is 0.462. The second-order valence-corrected chi connectivity index (χ2v) is 4.24. The van der Waals surface area contributed by atoms with Crippen molar-refractivity contribution in [3.05, 3.63) is 29.8 Å². The molecule has 2 rings (SSSR count). The Bertz CT molecular complexity index is 417. The highest BCUT2D eigenvalue weighted by Crippen LogP contribution is 2.35. The van der Waals surface area contributed by atoms with Gasteiger partial charge in [-0.15, -0.1) is 0 Å². The van der Waals surface area contributed by atoms with Crippen LogP contribution in [0.5, 0.6) is 5.75 Å². The normalized spacial score (nSPS) is 19.4. The summed E-state index contributed by atoms with van der Waals surface area (Å²) in [5.41, 5.74) is 7.93. The maximum absolute atomic E-state index is 5.57. The second-order valence-electron chi connectivity index (χ2n) is 4.24. The van der Waals surface area contributed by atoms with Crippen LogP contribution in [0, 0.1) is 0 Å². The molecule has 0 spiro atoms. The number of nitrogens with zero attached hydrogens (tertiary/aromatic N) is 2. The second kappa shape index (κ2) is 5.19. The van der Waals surface area contributed by atoms with E-state index in [-0.39, 0.29) is 6.04 Å². The molecule has 1 unspecified atom stereocenters. The fourth-order valence-corrected chi connectivity index (χ4v) is 2.26. The highest BCUT2D eigenvalue weighted by molar-refractivity contribution is 5.86. The molecule has 0 saturated carbocycles. The summed E-state index contributed by atoms with van der Waals surface area (Å²) in [4.78, 5) is 0. The van der Waals surface area contributed by atoms with E-state index in [2.05, 4.69) is 11.2 Å². The summed E-state index contributed by atoms with van der Waals surface area (Å²) in [7, 11) is 3.70. The lowest BCUT2D eigenvalue weighted by Crippen LogP contribution is -2.15. The van der Waals surface area contributed by atoms with Gasteiger partial charge in [0.25, 0.3) is 0 Å². The monoisotopic (exact) mass is 233 g/mol. The Labute approximate surface area is 102 Å². The molecule has 4 nitrogen and oxygen atoms in total. The zero-order chi connectivity index (χ0) is 12.3. The van der Waals surface area contributed by atoms with Crippen LogP contribution >= 0.6 is 0 Å². The van der Waals surface area contributed by atoms with E-state index < -0.39 is 0 Å². The summed E-state index contributed by atoms with van der Waals surface area (Å²) >= 11 is 0. The van der Waals surface area contributed by atoms with Gasteiger partial charge in [0.2, 0.25) is 0 Å². The number of methoxy groups -OCH3 is 1. The minimum atomic E-state index is 0.271. The summed E-state index contributed by atoms with van der Waals surface area (Å²) in [5.74, 6) is 0.925. The number of nitrogens with two attached hydrogens (primary N) is 1. The van der Waals surface area contributed by atoms with Crippen molar-refractivity contribution in [3.8, 4) is 5.75 Å². The zero-order valence-corrected chi connectivity index (χ0v) is 10.4. The van der Waals surface area contributed by atoms with E-state index in [0.29, 0.717) is 6.54 Å². The van der Waals surface area contributed by atoms with Crippen molar-refractivity contribution >= 4 is 5.71 Å². The molecule has 17 heavy (non-hydrogen) atoms. The molecule has 92 valence electrons. The number of ether oxygens (including phenoxy) is 1. The fourth-order valence-electron chi connectivity index (χ4n) is 2.26. The standard InChI is InChI=1S/C13H19N3O/c1-16-12(9-10(15-16)7-8-14)11-5-3-4-6-13(11)17-2/h3-6,12H,7-9,14H2,1-2H3. The first-order valence-corrected chi connectivity index (χ1v) is 5.88. The maximum atomic E-state index is 5.57. The molecule has 2 N–H and O–H groups in total. The van der Waals surface area contributed by atoms with Crippen molar-refractivity contribution in [2.24, 2.45) is 10.8 Å². The number of para-hydroxylation sites is 1. The molecule has 4 heteroatoms. The molecule has 1 aliphatic rings. The van der Waals surface area contributed by atoms with Gasteiger partial charge in [0.1, 0.15) is 5.75 Å². The van der Waals surface area contributed by atoms with Gasteiger partial charge in [0.05, 0.1) is 13.2 Å². The van der Waals surface area contributed by atoms with Crippen LogP contribution in [-0.4, -0.2) is 31.4 Å². The van der Waals surface area contributed by atoms with Gasteiger partial charge in [-0.25, -0.2) is 0 Å². The van der Waals surface area contributed by atoms with Crippen molar-refractivity contribution in [1.29, 1.82) is 0 Å². The minimum Gasteiger partial charge on any atom is -0.496 e. The van der Waals surface area contributed by atoms with Crippen LogP contribution in [0.15, 0.2) is 29.4 Å². The predicted octanol–water partition coefficient (Wildman–Crippen LogP) is 1.78. The first kappa shape index (κ1) is 11.9. The topological polar surface area (TPSA) is 50.9 Å². The van der Waals surface area contributed by atoms with Crippen molar-refractivity contribution in [2.75, 3.05) is 20.7 Å². The highest BCUT2D eigenvalue weighted by atomic mass is 16.5. The summed E-state index contributed by atoms with van der Waals surface area (Å²) in [5, 5.41) is 6.53. The highest BCUT2D eigenvalue weighted by Gasteiger charge is 2.26. The van der Waals surface area contributed by atoms with E-state index in [1.165, 1.54) is 11.3 Å². The lowest BCUT2D eigenvalue weighted by atomic mass is 10.00. The van der Waals surface area contributed by atoms with E-state index >= 15 is 0 Å². The molecule has 0 amide bonds.